The van der Waals surface area contributed by atoms with Gasteiger partial charge in [-0.2, -0.15) is 5.10 Å². The fourth-order valence-electron chi connectivity index (χ4n) is 3.94. The molecular formula is C17H30N2O. The summed E-state index contributed by atoms with van der Waals surface area (Å²) in [6, 6.07) is 0. The lowest BCUT2D eigenvalue weighted by molar-refractivity contribution is 0.0403. The molecule has 3 heteroatoms. The minimum Gasteiger partial charge on any atom is -0.393 e. The van der Waals surface area contributed by atoms with Gasteiger partial charge >= 0.3 is 0 Å². The number of aryl methyl sites for hydroxylation is 2. The summed E-state index contributed by atoms with van der Waals surface area (Å²) in [4.78, 5) is 0. The standard InChI is InChI=1S/C17H30N2O/c1-5-14-8-6-7-9-16(14)17(20)11-10-15-12(2)18-19(4)13(15)3/h14,16-17,20H,5-11H2,1-4H3. The molecule has 1 aliphatic carbocycles. The zero-order valence-electron chi connectivity index (χ0n) is 13.5. The van der Waals surface area contributed by atoms with E-state index in [9.17, 15) is 5.11 Å². The molecule has 3 unspecified atom stereocenters. The molecule has 1 aromatic rings. The first-order valence-electron chi connectivity index (χ1n) is 8.21. The Morgan fingerprint density at radius 2 is 2.00 bits per heavy atom. The van der Waals surface area contributed by atoms with Crippen molar-refractivity contribution in [2.45, 2.75) is 71.8 Å². The van der Waals surface area contributed by atoms with Gasteiger partial charge in [-0.15, -0.1) is 0 Å². The van der Waals surface area contributed by atoms with E-state index in [0.717, 1.165) is 24.5 Å². The number of aromatic nitrogens is 2. The van der Waals surface area contributed by atoms with Crippen molar-refractivity contribution in [2.75, 3.05) is 0 Å². The first-order chi connectivity index (χ1) is 9.54. The topological polar surface area (TPSA) is 38.1 Å². The smallest absolute Gasteiger partial charge is 0.0628 e. The zero-order chi connectivity index (χ0) is 14.7. The summed E-state index contributed by atoms with van der Waals surface area (Å²) in [5.74, 6) is 1.25. The predicted molar refractivity (Wildman–Crippen MR) is 82.7 cm³/mol. The Kier molecular flexibility index (Phi) is 5.25. The van der Waals surface area contributed by atoms with Crippen LogP contribution in [0.4, 0.5) is 0 Å². The lowest BCUT2D eigenvalue weighted by atomic mass is 9.74. The van der Waals surface area contributed by atoms with Crippen LogP contribution in [-0.2, 0) is 13.5 Å². The molecule has 2 rings (SSSR count). The van der Waals surface area contributed by atoms with Crippen LogP contribution in [0.5, 0.6) is 0 Å². The van der Waals surface area contributed by atoms with Gasteiger partial charge in [-0.05, 0) is 50.5 Å². The Bertz CT molecular complexity index is 438. The molecule has 20 heavy (non-hydrogen) atoms. The summed E-state index contributed by atoms with van der Waals surface area (Å²) >= 11 is 0. The quantitative estimate of drug-likeness (QED) is 0.894. The van der Waals surface area contributed by atoms with Crippen molar-refractivity contribution in [3.63, 3.8) is 0 Å². The Morgan fingerprint density at radius 3 is 2.60 bits per heavy atom. The molecule has 0 spiro atoms. The molecule has 3 nitrogen and oxygen atoms in total. The van der Waals surface area contributed by atoms with Gasteiger partial charge in [0.25, 0.3) is 0 Å². The van der Waals surface area contributed by atoms with Gasteiger partial charge in [0.2, 0.25) is 0 Å². The van der Waals surface area contributed by atoms with Gasteiger partial charge in [-0.3, -0.25) is 4.68 Å². The predicted octanol–water partition coefficient (Wildman–Crippen LogP) is 3.55. The fraction of sp³-hybridized carbons (Fsp3) is 0.824. The van der Waals surface area contributed by atoms with Gasteiger partial charge in [0, 0.05) is 12.7 Å². The molecule has 0 aromatic carbocycles. The van der Waals surface area contributed by atoms with Crippen molar-refractivity contribution in [1.29, 1.82) is 0 Å². The first kappa shape index (κ1) is 15.6. The molecular weight excluding hydrogens is 248 g/mol. The van der Waals surface area contributed by atoms with E-state index in [1.54, 1.807) is 0 Å². The van der Waals surface area contributed by atoms with E-state index in [4.69, 9.17) is 0 Å². The van der Waals surface area contributed by atoms with Crippen molar-refractivity contribution >= 4 is 0 Å². The van der Waals surface area contributed by atoms with E-state index in [-0.39, 0.29) is 6.10 Å². The van der Waals surface area contributed by atoms with Crippen LogP contribution in [0.15, 0.2) is 0 Å². The Hall–Kier alpha value is -0.830. The van der Waals surface area contributed by atoms with Crippen LogP contribution in [0.25, 0.3) is 0 Å². The van der Waals surface area contributed by atoms with Crippen LogP contribution < -0.4 is 0 Å². The monoisotopic (exact) mass is 278 g/mol. The van der Waals surface area contributed by atoms with Gasteiger partial charge in [0.15, 0.2) is 0 Å². The highest BCUT2D eigenvalue weighted by molar-refractivity contribution is 5.24. The molecule has 0 amide bonds. The van der Waals surface area contributed by atoms with Crippen molar-refractivity contribution in [1.82, 2.24) is 9.78 Å². The van der Waals surface area contributed by atoms with Gasteiger partial charge in [0.1, 0.15) is 0 Å². The van der Waals surface area contributed by atoms with Crippen molar-refractivity contribution in [3.8, 4) is 0 Å². The van der Waals surface area contributed by atoms with E-state index in [2.05, 4.69) is 25.9 Å². The number of aliphatic hydroxyl groups excluding tert-OH is 1. The lowest BCUT2D eigenvalue weighted by Crippen LogP contribution is -2.30. The van der Waals surface area contributed by atoms with Gasteiger partial charge < -0.3 is 5.11 Å². The molecule has 1 saturated carbocycles. The summed E-state index contributed by atoms with van der Waals surface area (Å²) in [6.07, 6.45) is 8.08. The van der Waals surface area contributed by atoms with Crippen molar-refractivity contribution in [2.24, 2.45) is 18.9 Å². The number of aliphatic hydroxyl groups is 1. The average Bonchev–Trinajstić information content (AvgIpc) is 2.70. The summed E-state index contributed by atoms with van der Waals surface area (Å²) in [6.45, 7) is 6.46. The molecule has 0 saturated heterocycles. The molecule has 1 aliphatic rings. The second-order valence-electron chi connectivity index (χ2n) is 6.50. The van der Waals surface area contributed by atoms with E-state index in [1.165, 1.54) is 43.4 Å². The Balaban J connectivity index is 1.95. The maximum Gasteiger partial charge on any atom is 0.0628 e. The number of rotatable bonds is 5. The lowest BCUT2D eigenvalue weighted by Gasteiger charge is -2.34. The maximum absolute atomic E-state index is 10.6. The average molecular weight is 278 g/mol. The van der Waals surface area contributed by atoms with E-state index in [0.29, 0.717) is 5.92 Å². The van der Waals surface area contributed by atoms with Crippen LogP contribution in [0.2, 0.25) is 0 Å². The van der Waals surface area contributed by atoms with Crippen LogP contribution in [0.3, 0.4) is 0 Å². The summed E-state index contributed by atoms with van der Waals surface area (Å²) in [5.41, 5.74) is 3.69. The zero-order valence-corrected chi connectivity index (χ0v) is 13.5. The molecule has 0 aliphatic heterocycles. The Morgan fingerprint density at radius 1 is 1.30 bits per heavy atom. The summed E-state index contributed by atoms with van der Waals surface area (Å²) in [5, 5.41) is 15.1. The largest absolute Gasteiger partial charge is 0.393 e. The highest BCUT2D eigenvalue weighted by atomic mass is 16.3. The van der Waals surface area contributed by atoms with E-state index in [1.807, 2.05) is 11.7 Å². The third-order valence-electron chi connectivity index (χ3n) is 5.34. The second-order valence-corrected chi connectivity index (χ2v) is 6.50. The molecule has 0 bridgehead atoms. The molecule has 0 radical (unpaired) electrons. The highest BCUT2D eigenvalue weighted by Gasteiger charge is 2.29. The normalized spacial score (nSPS) is 24.9. The summed E-state index contributed by atoms with van der Waals surface area (Å²) < 4.78 is 1.95. The second kappa shape index (κ2) is 6.75. The highest BCUT2D eigenvalue weighted by Crippen LogP contribution is 2.35. The minimum atomic E-state index is -0.140. The molecule has 1 fully saturated rings. The number of hydrogen-bond acceptors (Lipinski definition) is 2. The maximum atomic E-state index is 10.6. The molecule has 1 aromatic heterocycles. The molecule has 1 heterocycles. The Labute approximate surface area is 123 Å². The van der Waals surface area contributed by atoms with E-state index >= 15 is 0 Å². The van der Waals surface area contributed by atoms with Crippen LogP contribution in [0.1, 0.15) is 62.4 Å². The first-order valence-corrected chi connectivity index (χ1v) is 8.21. The SMILES string of the molecule is CCC1CCCCC1C(O)CCc1c(C)nn(C)c1C. The van der Waals surface area contributed by atoms with Gasteiger partial charge in [-0.25, -0.2) is 0 Å². The van der Waals surface area contributed by atoms with Crippen LogP contribution in [-0.4, -0.2) is 21.0 Å². The van der Waals surface area contributed by atoms with E-state index < -0.39 is 0 Å². The third-order valence-corrected chi connectivity index (χ3v) is 5.34. The van der Waals surface area contributed by atoms with Crippen LogP contribution >= 0.6 is 0 Å². The number of hydrogen-bond donors (Lipinski definition) is 1. The fourth-order valence-corrected chi connectivity index (χ4v) is 3.94. The molecule has 1 N–H and O–H groups in total. The third kappa shape index (κ3) is 3.25. The van der Waals surface area contributed by atoms with Crippen LogP contribution in [0, 0.1) is 25.7 Å². The van der Waals surface area contributed by atoms with Crippen molar-refractivity contribution < 1.29 is 5.11 Å². The molecule has 114 valence electrons. The summed E-state index contributed by atoms with van der Waals surface area (Å²) in [7, 11) is 2.00. The number of nitrogens with zero attached hydrogens (tertiary/aromatic N) is 2. The molecule has 3 atom stereocenters. The van der Waals surface area contributed by atoms with Gasteiger partial charge in [0.05, 0.1) is 11.8 Å². The minimum absolute atomic E-state index is 0.140. The van der Waals surface area contributed by atoms with Gasteiger partial charge in [-0.1, -0.05) is 32.6 Å². The van der Waals surface area contributed by atoms with Crippen molar-refractivity contribution in [3.05, 3.63) is 17.0 Å².